The standard InChI is InChI=1S/C23H24N2O5S/c1-25(2)31(27,28)18-13-14-22(29-3)20(15-18)24-23(26)16-30-21-12-8-7-11-19(21)17-9-5-4-6-10-17/h4-15H,16H2,1-3H3,(H,24,26). The molecule has 0 aliphatic heterocycles. The van der Waals surface area contributed by atoms with Gasteiger partial charge in [0.15, 0.2) is 6.61 Å². The number of sulfonamides is 1. The molecule has 0 radical (unpaired) electrons. The number of benzene rings is 3. The molecule has 3 aromatic carbocycles. The van der Waals surface area contributed by atoms with Crippen LogP contribution in [-0.2, 0) is 14.8 Å². The molecule has 0 fully saturated rings. The zero-order chi connectivity index (χ0) is 22.4. The minimum Gasteiger partial charge on any atom is -0.495 e. The van der Waals surface area contributed by atoms with Crippen LogP contribution in [0.25, 0.3) is 11.1 Å². The number of nitrogens with one attached hydrogen (secondary N) is 1. The first-order valence-corrected chi connectivity index (χ1v) is 10.9. The molecule has 3 rings (SSSR count). The average molecular weight is 441 g/mol. The maximum Gasteiger partial charge on any atom is 0.262 e. The van der Waals surface area contributed by atoms with Crippen molar-refractivity contribution in [3.63, 3.8) is 0 Å². The highest BCUT2D eigenvalue weighted by atomic mass is 32.2. The number of methoxy groups -OCH3 is 1. The second kappa shape index (κ2) is 9.63. The third kappa shape index (κ3) is 5.22. The predicted octanol–water partition coefficient (Wildman–Crippen LogP) is 3.63. The predicted molar refractivity (Wildman–Crippen MR) is 120 cm³/mol. The van der Waals surface area contributed by atoms with Gasteiger partial charge in [0.1, 0.15) is 11.5 Å². The van der Waals surface area contributed by atoms with E-state index in [0.717, 1.165) is 15.4 Å². The number of nitrogens with zero attached hydrogens (tertiary/aromatic N) is 1. The average Bonchev–Trinajstić information content (AvgIpc) is 2.78. The molecule has 0 saturated heterocycles. The summed E-state index contributed by atoms with van der Waals surface area (Å²) in [6, 6.07) is 21.4. The van der Waals surface area contributed by atoms with E-state index in [-0.39, 0.29) is 17.2 Å². The zero-order valence-corrected chi connectivity index (χ0v) is 18.3. The van der Waals surface area contributed by atoms with E-state index in [4.69, 9.17) is 9.47 Å². The van der Waals surface area contributed by atoms with Gasteiger partial charge in [0.05, 0.1) is 17.7 Å². The highest BCUT2D eigenvalue weighted by Gasteiger charge is 2.20. The van der Waals surface area contributed by atoms with Gasteiger partial charge in [-0.1, -0.05) is 48.5 Å². The minimum absolute atomic E-state index is 0.0453. The van der Waals surface area contributed by atoms with Gasteiger partial charge >= 0.3 is 0 Å². The zero-order valence-electron chi connectivity index (χ0n) is 17.5. The van der Waals surface area contributed by atoms with Crippen LogP contribution in [-0.4, -0.2) is 46.4 Å². The lowest BCUT2D eigenvalue weighted by Gasteiger charge is -2.16. The molecule has 1 amide bonds. The van der Waals surface area contributed by atoms with E-state index in [1.54, 1.807) is 6.07 Å². The second-order valence-electron chi connectivity index (χ2n) is 6.85. The summed E-state index contributed by atoms with van der Waals surface area (Å²) >= 11 is 0. The number of para-hydroxylation sites is 1. The molecule has 0 atom stereocenters. The van der Waals surface area contributed by atoms with Crippen LogP contribution < -0.4 is 14.8 Å². The molecule has 0 spiro atoms. The Morgan fingerprint density at radius 3 is 2.29 bits per heavy atom. The molecule has 3 aromatic rings. The third-order valence-corrected chi connectivity index (χ3v) is 6.37. The van der Waals surface area contributed by atoms with E-state index >= 15 is 0 Å². The molecule has 7 nitrogen and oxygen atoms in total. The van der Waals surface area contributed by atoms with Crippen molar-refractivity contribution < 1.29 is 22.7 Å². The summed E-state index contributed by atoms with van der Waals surface area (Å²) in [6.45, 7) is -0.252. The molecule has 31 heavy (non-hydrogen) atoms. The van der Waals surface area contributed by atoms with Gasteiger partial charge < -0.3 is 14.8 Å². The fourth-order valence-electron chi connectivity index (χ4n) is 2.93. The summed E-state index contributed by atoms with van der Waals surface area (Å²) in [5, 5.41) is 2.67. The van der Waals surface area contributed by atoms with Crippen molar-refractivity contribution >= 4 is 21.6 Å². The molecule has 0 aliphatic carbocycles. The smallest absolute Gasteiger partial charge is 0.262 e. The van der Waals surface area contributed by atoms with Crippen LogP contribution in [0.1, 0.15) is 0 Å². The van der Waals surface area contributed by atoms with Crippen molar-refractivity contribution in [3.8, 4) is 22.6 Å². The largest absolute Gasteiger partial charge is 0.495 e. The van der Waals surface area contributed by atoms with E-state index in [1.807, 2.05) is 48.5 Å². The lowest BCUT2D eigenvalue weighted by Crippen LogP contribution is -2.23. The Labute approximate surface area is 182 Å². The summed E-state index contributed by atoms with van der Waals surface area (Å²) < 4.78 is 36.9. The Bertz CT molecular complexity index is 1160. The summed E-state index contributed by atoms with van der Waals surface area (Å²) in [5.74, 6) is 0.469. The number of amides is 1. The summed E-state index contributed by atoms with van der Waals surface area (Å²) in [5.41, 5.74) is 2.09. The van der Waals surface area contributed by atoms with E-state index in [2.05, 4.69) is 5.32 Å². The molecular formula is C23H24N2O5S. The molecule has 0 heterocycles. The molecule has 162 valence electrons. The van der Waals surface area contributed by atoms with Crippen molar-refractivity contribution in [2.75, 3.05) is 33.1 Å². The molecule has 0 aliphatic rings. The Morgan fingerprint density at radius 1 is 0.935 bits per heavy atom. The van der Waals surface area contributed by atoms with E-state index in [9.17, 15) is 13.2 Å². The normalized spacial score (nSPS) is 11.2. The first kappa shape index (κ1) is 22.3. The Kier molecular flexibility index (Phi) is 6.94. The lowest BCUT2D eigenvalue weighted by atomic mass is 10.1. The van der Waals surface area contributed by atoms with Crippen molar-refractivity contribution in [1.82, 2.24) is 4.31 Å². The van der Waals surface area contributed by atoms with Crippen LogP contribution in [0.4, 0.5) is 5.69 Å². The quantitative estimate of drug-likeness (QED) is 0.578. The molecule has 8 heteroatoms. The third-order valence-electron chi connectivity index (χ3n) is 4.55. The van der Waals surface area contributed by atoms with Gasteiger partial charge in [-0.25, -0.2) is 12.7 Å². The second-order valence-corrected chi connectivity index (χ2v) is 9.00. The molecule has 0 bridgehead atoms. The Hall–Kier alpha value is -3.36. The monoisotopic (exact) mass is 440 g/mol. The highest BCUT2D eigenvalue weighted by Crippen LogP contribution is 2.30. The van der Waals surface area contributed by atoms with Crippen LogP contribution >= 0.6 is 0 Å². The Morgan fingerprint density at radius 2 is 1.61 bits per heavy atom. The van der Waals surface area contributed by atoms with E-state index in [0.29, 0.717) is 11.5 Å². The summed E-state index contributed by atoms with van der Waals surface area (Å²) in [4.78, 5) is 12.6. The number of anilines is 1. The molecular weight excluding hydrogens is 416 g/mol. The van der Waals surface area contributed by atoms with Gasteiger partial charge in [-0.2, -0.15) is 0 Å². The van der Waals surface area contributed by atoms with Crippen LogP contribution in [0.3, 0.4) is 0 Å². The van der Waals surface area contributed by atoms with Gasteiger partial charge in [-0.3, -0.25) is 4.79 Å². The number of carbonyl (C=O) groups excluding carboxylic acids is 1. The first-order chi connectivity index (χ1) is 14.8. The topological polar surface area (TPSA) is 84.9 Å². The van der Waals surface area contributed by atoms with Crippen molar-refractivity contribution in [2.24, 2.45) is 0 Å². The van der Waals surface area contributed by atoms with Crippen molar-refractivity contribution in [1.29, 1.82) is 0 Å². The fourth-order valence-corrected chi connectivity index (χ4v) is 3.86. The van der Waals surface area contributed by atoms with Crippen LogP contribution in [0.15, 0.2) is 77.7 Å². The van der Waals surface area contributed by atoms with Gasteiger partial charge in [-0.05, 0) is 29.8 Å². The van der Waals surface area contributed by atoms with Gasteiger partial charge in [-0.15, -0.1) is 0 Å². The molecule has 0 unspecified atom stereocenters. The number of ether oxygens (including phenoxy) is 2. The van der Waals surface area contributed by atoms with Crippen LogP contribution in [0.2, 0.25) is 0 Å². The Balaban J connectivity index is 1.77. The van der Waals surface area contributed by atoms with Gasteiger partial charge in [0.25, 0.3) is 5.91 Å². The first-order valence-electron chi connectivity index (χ1n) is 9.50. The van der Waals surface area contributed by atoms with Crippen LogP contribution in [0, 0.1) is 0 Å². The fraction of sp³-hybridized carbons (Fsp3) is 0.174. The van der Waals surface area contributed by atoms with Crippen LogP contribution in [0.5, 0.6) is 11.5 Å². The van der Waals surface area contributed by atoms with Crippen molar-refractivity contribution in [2.45, 2.75) is 4.90 Å². The number of carbonyl (C=O) groups is 1. The minimum atomic E-state index is -3.66. The summed E-state index contributed by atoms with van der Waals surface area (Å²) in [6.07, 6.45) is 0. The van der Waals surface area contributed by atoms with Gasteiger partial charge in [0, 0.05) is 19.7 Å². The summed E-state index contributed by atoms with van der Waals surface area (Å²) in [7, 11) is 0.666. The van der Waals surface area contributed by atoms with E-state index in [1.165, 1.54) is 39.4 Å². The van der Waals surface area contributed by atoms with E-state index < -0.39 is 15.9 Å². The maximum atomic E-state index is 12.5. The maximum absolute atomic E-state index is 12.5. The number of hydrogen-bond acceptors (Lipinski definition) is 5. The highest BCUT2D eigenvalue weighted by molar-refractivity contribution is 7.89. The number of hydrogen-bond donors (Lipinski definition) is 1. The number of rotatable bonds is 8. The van der Waals surface area contributed by atoms with Gasteiger partial charge in [0.2, 0.25) is 10.0 Å². The van der Waals surface area contributed by atoms with Crippen molar-refractivity contribution in [3.05, 3.63) is 72.8 Å². The molecule has 0 saturated carbocycles. The molecule has 1 N–H and O–H groups in total. The SMILES string of the molecule is COc1ccc(S(=O)(=O)N(C)C)cc1NC(=O)COc1ccccc1-c1ccccc1. The molecule has 0 aromatic heterocycles. The lowest BCUT2D eigenvalue weighted by molar-refractivity contribution is -0.118.